The molecule has 0 unspecified atom stereocenters. The summed E-state index contributed by atoms with van der Waals surface area (Å²) in [4.78, 5) is 0. The molecule has 2 N–H and O–H groups in total. The fourth-order valence-electron chi connectivity index (χ4n) is 1.22. The molecule has 1 aromatic carbocycles. The van der Waals surface area contributed by atoms with E-state index in [0.717, 1.165) is 6.07 Å². The van der Waals surface area contributed by atoms with Crippen LogP contribution in [-0.2, 0) is 6.54 Å². The molecule has 1 rings (SSSR count). The molecule has 0 aromatic heterocycles. The number of nitrogens with two attached hydrogens (primary N) is 1. The van der Waals surface area contributed by atoms with Gasteiger partial charge in [-0.25, -0.2) is 0 Å². The minimum absolute atomic E-state index is 0. The SMILES string of the molecule is Cc1c(I)cc(CN)cc1[B-](F)(F)F.[K+]. The number of halogens is 4. The maximum absolute atomic E-state index is 12.6. The first-order chi connectivity index (χ1) is 6.36. The molecule has 1 aromatic rings. The van der Waals surface area contributed by atoms with Crippen molar-refractivity contribution in [1.82, 2.24) is 0 Å². The van der Waals surface area contributed by atoms with Gasteiger partial charge in [-0.2, -0.15) is 0 Å². The number of hydrogen-bond acceptors (Lipinski definition) is 1. The molecule has 7 heteroatoms. The predicted octanol–water partition coefficient (Wildman–Crippen LogP) is -0.883. The van der Waals surface area contributed by atoms with Crippen LogP contribution in [0.3, 0.4) is 0 Å². The molecule has 0 saturated heterocycles. The Morgan fingerprint density at radius 2 is 1.87 bits per heavy atom. The fraction of sp³-hybridized carbons (Fsp3) is 0.250. The van der Waals surface area contributed by atoms with Gasteiger partial charge in [0.1, 0.15) is 0 Å². The first-order valence-electron chi connectivity index (χ1n) is 4.05. The van der Waals surface area contributed by atoms with E-state index < -0.39 is 12.4 Å². The Balaban J connectivity index is 0.00000196. The van der Waals surface area contributed by atoms with E-state index in [-0.39, 0.29) is 63.5 Å². The van der Waals surface area contributed by atoms with E-state index in [4.69, 9.17) is 5.73 Å². The summed E-state index contributed by atoms with van der Waals surface area (Å²) in [5, 5.41) is 0. The van der Waals surface area contributed by atoms with Crippen molar-refractivity contribution < 1.29 is 64.3 Å². The third-order valence-corrected chi connectivity index (χ3v) is 3.15. The van der Waals surface area contributed by atoms with E-state index in [1.54, 1.807) is 6.07 Å². The van der Waals surface area contributed by atoms with E-state index in [1.165, 1.54) is 6.92 Å². The summed E-state index contributed by atoms with van der Waals surface area (Å²) in [6.07, 6.45) is 0. The van der Waals surface area contributed by atoms with Gasteiger partial charge in [0.15, 0.2) is 0 Å². The van der Waals surface area contributed by atoms with Gasteiger partial charge < -0.3 is 18.7 Å². The zero-order valence-electron chi connectivity index (χ0n) is 8.53. The zero-order chi connectivity index (χ0) is 10.9. The van der Waals surface area contributed by atoms with Crippen molar-refractivity contribution in [1.29, 1.82) is 0 Å². The number of hydrogen-bond donors (Lipinski definition) is 1. The maximum Gasteiger partial charge on any atom is 1.00 e. The molecule has 0 fully saturated rings. The van der Waals surface area contributed by atoms with Gasteiger partial charge in [-0.05, 0) is 41.1 Å². The van der Waals surface area contributed by atoms with Crippen LogP contribution in [-0.4, -0.2) is 6.98 Å². The van der Waals surface area contributed by atoms with Crippen LogP contribution < -0.4 is 62.6 Å². The molecular formula is C8H9BF3IKN. The molecule has 15 heavy (non-hydrogen) atoms. The molecule has 0 spiro atoms. The molecule has 0 saturated carbocycles. The minimum Gasteiger partial charge on any atom is -0.445 e. The van der Waals surface area contributed by atoms with E-state index >= 15 is 0 Å². The van der Waals surface area contributed by atoms with E-state index in [9.17, 15) is 12.9 Å². The monoisotopic (exact) mass is 353 g/mol. The van der Waals surface area contributed by atoms with Crippen molar-refractivity contribution in [3.8, 4) is 0 Å². The minimum atomic E-state index is -4.94. The summed E-state index contributed by atoms with van der Waals surface area (Å²) < 4.78 is 38.3. The van der Waals surface area contributed by atoms with Crippen molar-refractivity contribution in [3.05, 3.63) is 26.8 Å². The Hall–Kier alpha value is 1.40. The van der Waals surface area contributed by atoms with E-state index in [0.29, 0.717) is 9.13 Å². The van der Waals surface area contributed by atoms with Crippen molar-refractivity contribution in [2.24, 2.45) is 5.73 Å². The van der Waals surface area contributed by atoms with Gasteiger partial charge in [0, 0.05) is 10.1 Å². The van der Waals surface area contributed by atoms with Gasteiger partial charge in [0.2, 0.25) is 0 Å². The Labute approximate surface area is 143 Å². The van der Waals surface area contributed by atoms with Crippen molar-refractivity contribution >= 4 is 35.0 Å². The summed E-state index contributed by atoms with van der Waals surface area (Å²) in [6, 6.07) is 2.82. The Morgan fingerprint density at radius 1 is 1.33 bits per heavy atom. The Morgan fingerprint density at radius 3 is 2.27 bits per heavy atom. The first kappa shape index (κ1) is 16.4. The molecule has 0 aliphatic rings. The second kappa shape index (κ2) is 6.37. The molecule has 0 aliphatic carbocycles. The van der Waals surface area contributed by atoms with Crippen LogP contribution in [0.15, 0.2) is 12.1 Å². The van der Waals surface area contributed by atoms with Crippen LogP contribution in [0.4, 0.5) is 12.9 Å². The molecule has 0 radical (unpaired) electrons. The average Bonchev–Trinajstić information content (AvgIpc) is 2.07. The van der Waals surface area contributed by atoms with E-state index in [1.807, 2.05) is 22.6 Å². The second-order valence-electron chi connectivity index (χ2n) is 3.07. The summed E-state index contributed by atoms with van der Waals surface area (Å²) in [6.45, 7) is -3.32. The largest absolute Gasteiger partial charge is 1.00 e. The maximum atomic E-state index is 12.6. The summed E-state index contributed by atoms with van der Waals surface area (Å²) in [7, 11) is 0. The number of benzene rings is 1. The smallest absolute Gasteiger partial charge is 0.445 e. The molecule has 78 valence electrons. The molecule has 0 heterocycles. The average molecular weight is 353 g/mol. The van der Waals surface area contributed by atoms with Crippen LogP contribution in [0.1, 0.15) is 11.1 Å². The third-order valence-electron chi connectivity index (χ3n) is 2.03. The normalized spacial score (nSPS) is 11.1. The molecule has 0 bridgehead atoms. The van der Waals surface area contributed by atoms with E-state index in [2.05, 4.69) is 0 Å². The Kier molecular flexibility index (Phi) is 6.96. The van der Waals surface area contributed by atoms with Gasteiger partial charge in [-0.15, -0.1) is 5.46 Å². The number of rotatable bonds is 2. The standard InChI is InChI=1S/C8H9BF3IN.K/c1-5-7(9(10,11)12)2-6(4-14)3-8(5)13;/h2-3H,4,14H2,1H3;/q-1;+1. The van der Waals surface area contributed by atoms with Gasteiger partial charge in [0.05, 0.1) is 0 Å². The fourth-order valence-corrected chi connectivity index (χ4v) is 1.93. The van der Waals surface area contributed by atoms with Crippen molar-refractivity contribution in [2.75, 3.05) is 0 Å². The molecule has 1 nitrogen and oxygen atoms in total. The predicted molar refractivity (Wildman–Crippen MR) is 60.5 cm³/mol. The molecule has 0 atom stereocenters. The second-order valence-corrected chi connectivity index (χ2v) is 4.23. The summed E-state index contributed by atoms with van der Waals surface area (Å²) in [5.74, 6) is 0. The summed E-state index contributed by atoms with van der Waals surface area (Å²) >= 11 is 1.89. The third kappa shape index (κ3) is 4.29. The quantitative estimate of drug-likeness (QED) is 0.543. The van der Waals surface area contributed by atoms with Gasteiger partial charge in [0.25, 0.3) is 0 Å². The Bertz CT molecular complexity index is 356. The molecular weight excluding hydrogens is 344 g/mol. The van der Waals surface area contributed by atoms with Gasteiger partial charge in [-0.1, -0.05) is 11.6 Å². The topological polar surface area (TPSA) is 26.0 Å². The van der Waals surface area contributed by atoms with Crippen LogP contribution >= 0.6 is 22.6 Å². The van der Waals surface area contributed by atoms with Crippen LogP contribution in [0, 0.1) is 10.5 Å². The molecule has 0 amide bonds. The van der Waals surface area contributed by atoms with Crippen LogP contribution in [0.25, 0.3) is 0 Å². The van der Waals surface area contributed by atoms with Crippen LogP contribution in [0.5, 0.6) is 0 Å². The zero-order valence-corrected chi connectivity index (χ0v) is 13.8. The van der Waals surface area contributed by atoms with Gasteiger partial charge in [-0.3, -0.25) is 0 Å². The van der Waals surface area contributed by atoms with Gasteiger partial charge >= 0.3 is 58.4 Å². The van der Waals surface area contributed by atoms with Crippen molar-refractivity contribution in [2.45, 2.75) is 13.5 Å². The van der Waals surface area contributed by atoms with Crippen molar-refractivity contribution in [3.63, 3.8) is 0 Å². The first-order valence-corrected chi connectivity index (χ1v) is 5.13. The molecule has 0 aliphatic heterocycles. The van der Waals surface area contributed by atoms with Crippen LogP contribution in [0.2, 0.25) is 0 Å². The summed E-state index contributed by atoms with van der Waals surface area (Å²) in [5.41, 5.74) is 5.60.